The van der Waals surface area contributed by atoms with Gasteiger partial charge in [-0.25, -0.2) is 4.90 Å². The number of rotatable bonds is 4. The summed E-state index contributed by atoms with van der Waals surface area (Å²) in [6, 6.07) is 1.14. The third-order valence-corrected chi connectivity index (χ3v) is 2.90. The SMILES string of the molecule is COc1cc2c(c(OC)c1OC)C(=O)C(=O)N2C(F)F. The molecular formula is C12H11F2NO5. The van der Waals surface area contributed by atoms with Crippen LogP contribution in [-0.2, 0) is 4.79 Å². The third kappa shape index (κ3) is 1.75. The van der Waals surface area contributed by atoms with Crippen LogP contribution in [0.1, 0.15) is 10.4 Å². The average Bonchev–Trinajstić information content (AvgIpc) is 2.68. The van der Waals surface area contributed by atoms with Crippen LogP contribution in [0.3, 0.4) is 0 Å². The maximum absolute atomic E-state index is 12.9. The zero-order valence-electron chi connectivity index (χ0n) is 10.9. The molecule has 1 aromatic carbocycles. The number of fused-ring (bicyclic) bond motifs is 1. The number of benzene rings is 1. The number of hydrogen-bond acceptors (Lipinski definition) is 5. The van der Waals surface area contributed by atoms with Gasteiger partial charge in [-0.1, -0.05) is 0 Å². The number of nitrogens with zero attached hydrogens (tertiary/aromatic N) is 1. The van der Waals surface area contributed by atoms with Gasteiger partial charge in [0.25, 0.3) is 5.78 Å². The summed E-state index contributed by atoms with van der Waals surface area (Å²) in [6.07, 6.45) is 0. The average molecular weight is 287 g/mol. The van der Waals surface area contributed by atoms with Crippen molar-refractivity contribution < 1.29 is 32.6 Å². The Balaban J connectivity index is 2.79. The zero-order valence-corrected chi connectivity index (χ0v) is 10.9. The Bertz CT molecular complexity index is 588. The summed E-state index contributed by atoms with van der Waals surface area (Å²) in [6.45, 7) is -3.14. The molecule has 1 heterocycles. The number of Topliss-reactive ketones (excluding diaryl/α,β-unsaturated/α-hetero) is 1. The molecule has 0 unspecified atom stereocenters. The maximum Gasteiger partial charge on any atom is 0.321 e. The number of hydrogen-bond donors (Lipinski definition) is 0. The third-order valence-electron chi connectivity index (χ3n) is 2.90. The van der Waals surface area contributed by atoms with Gasteiger partial charge in [-0.3, -0.25) is 9.59 Å². The molecule has 20 heavy (non-hydrogen) atoms. The molecule has 1 aromatic rings. The highest BCUT2D eigenvalue weighted by molar-refractivity contribution is 6.53. The topological polar surface area (TPSA) is 65.1 Å². The Hall–Kier alpha value is -2.38. The molecule has 0 atom stereocenters. The van der Waals surface area contributed by atoms with Gasteiger partial charge in [-0.05, 0) is 0 Å². The Morgan fingerprint density at radius 3 is 2.10 bits per heavy atom. The summed E-state index contributed by atoms with van der Waals surface area (Å²) in [4.78, 5) is 23.6. The lowest BCUT2D eigenvalue weighted by molar-refractivity contribution is -0.116. The summed E-state index contributed by atoms with van der Waals surface area (Å²) in [5.41, 5.74) is -0.514. The molecule has 0 spiro atoms. The fourth-order valence-corrected chi connectivity index (χ4v) is 2.07. The molecule has 1 amide bonds. The van der Waals surface area contributed by atoms with Crippen molar-refractivity contribution in [3.8, 4) is 17.2 Å². The molecule has 0 fully saturated rings. The number of anilines is 1. The second kappa shape index (κ2) is 4.95. The minimum absolute atomic E-state index is 0.0611. The molecule has 1 aliphatic rings. The van der Waals surface area contributed by atoms with E-state index < -0.39 is 18.2 Å². The smallest absolute Gasteiger partial charge is 0.321 e. The van der Waals surface area contributed by atoms with Crippen LogP contribution in [-0.4, -0.2) is 39.6 Å². The largest absolute Gasteiger partial charge is 0.493 e. The highest BCUT2D eigenvalue weighted by atomic mass is 19.3. The maximum atomic E-state index is 12.9. The first-order valence-electron chi connectivity index (χ1n) is 5.46. The normalized spacial score (nSPS) is 13.8. The van der Waals surface area contributed by atoms with Crippen molar-refractivity contribution >= 4 is 17.4 Å². The Morgan fingerprint density at radius 2 is 1.65 bits per heavy atom. The lowest BCUT2D eigenvalue weighted by atomic mass is 10.1. The molecule has 108 valence electrons. The van der Waals surface area contributed by atoms with E-state index in [9.17, 15) is 18.4 Å². The second-order valence-electron chi connectivity index (χ2n) is 3.82. The van der Waals surface area contributed by atoms with Gasteiger partial charge in [0.15, 0.2) is 11.5 Å². The van der Waals surface area contributed by atoms with Gasteiger partial charge in [0.1, 0.15) is 0 Å². The number of carbonyl (C=O) groups is 2. The Kier molecular flexibility index (Phi) is 3.47. The second-order valence-corrected chi connectivity index (χ2v) is 3.82. The lowest BCUT2D eigenvalue weighted by Gasteiger charge is -2.18. The lowest BCUT2D eigenvalue weighted by Crippen LogP contribution is -2.34. The minimum Gasteiger partial charge on any atom is -0.493 e. The van der Waals surface area contributed by atoms with E-state index >= 15 is 0 Å². The molecule has 0 saturated heterocycles. The number of alkyl halides is 2. The van der Waals surface area contributed by atoms with Crippen molar-refractivity contribution in [1.82, 2.24) is 0 Å². The van der Waals surface area contributed by atoms with E-state index in [1.165, 1.54) is 21.3 Å². The summed E-state index contributed by atoms with van der Waals surface area (Å²) in [7, 11) is 3.84. The van der Waals surface area contributed by atoms with E-state index in [1.807, 2.05) is 0 Å². The monoisotopic (exact) mass is 287 g/mol. The van der Waals surface area contributed by atoms with Gasteiger partial charge in [0, 0.05) is 6.07 Å². The van der Waals surface area contributed by atoms with Crippen molar-refractivity contribution in [2.45, 2.75) is 6.55 Å². The van der Waals surface area contributed by atoms with Gasteiger partial charge in [0.05, 0.1) is 32.6 Å². The standard InChI is InChI=1S/C12H11F2NO5/c1-18-6-4-5-7(10(20-3)9(6)19-2)8(16)11(17)15(5)12(13)14/h4,12H,1-3H3. The van der Waals surface area contributed by atoms with Crippen LogP contribution >= 0.6 is 0 Å². The number of amides is 1. The van der Waals surface area contributed by atoms with Gasteiger partial charge in [0.2, 0.25) is 5.75 Å². The van der Waals surface area contributed by atoms with E-state index in [0.29, 0.717) is 0 Å². The van der Waals surface area contributed by atoms with Gasteiger partial charge in [-0.15, -0.1) is 0 Å². The predicted molar refractivity (Wildman–Crippen MR) is 63.9 cm³/mol. The Labute approximate surface area is 112 Å². The molecule has 0 saturated carbocycles. The summed E-state index contributed by atoms with van der Waals surface area (Å²) in [5.74, 6) is -2.35. The van der Waals surface area contributed by atoms with Crippen molar-refractivity contribution in [2.75, 3.05) is 26.2 Å². The van der Waals surface area contributed by atoms with Crippen LogP contribution in [0.5, 0.6) is 17.2 Å². The summed E-state index contributed by atoms with van der Waals surface area (Å²) < 4.78 is 40.9. The molecule has 0 bridgehead atoms. The molecule has 6 nitrogen and oxygen atoms in total. The zero-order chi connectivity index (χ0) is 15.0. The molecule has 0 aromatic heterocycles. The first-order chi connectivity index (χ1) is 9.47. The Morgan fingerprint density at radius 1 is 1.05 bits per heavy atom. The van der Waals surface area contributed by atoms with Gasteiger partial charge in [-0.2, -0.15) is 8.78 Å². The fourth-order valence-electron chi connectivity index (χ4n) is 2.07. The molecule has 1 aliphatic heterocycles. The van der Waals surface area contributed by atoms with Crippen LogP contribution in [0.2, 0.25) is 0 Å². The molecule has 0 aliphatic carbocycles. The number of halogens is 2. The summed E-state index contributed by atoms with van der Waals surface area (Å²) in [5, 5.41) is 0. The van der Waals surface area contributed by atoms with Crippen molar-refractivity contribution in [3.05, 3.63) is 11.6 Å². The van der Waals surface area contributed by atoms with Crippen LogP contribution in [0.4, 0.5) is 14.5 Å². The van der Waals surface area contributed by atoms with Crippen LogP contribution in [0, 0.1) is 0 Å². The number of ketones is 1. The van der Waals surface area contributed by atoms with Gasteiger partial charge >= 0.3 is 12.5 Å². The molecule has 2 rings (SSSR count). The first kappa shape index (κ1) is 14.0. The molecule has 0 N–H and O–H groups in total. The van der Waals surface area contributed by atoms with Crippen molar-refractivity contribution in [1.29, 1.82) is 0 Å². The predicted octanol–water partition coefficient (Wildman–Crippen LogP) is 1.46. The van der Waals surface area contributed by atoms with Crippen molar-refractivity contribution in [2.24, 2.45) is 0 Å². The van der Waals surface area contributed by atoms with E-state index in [2.05, 4.69) is 0 Å². The number of ether oxygens (including phenoxy) is 3. The quantitative estimate of drug-likeness (QED) is 0.619. The molecular weight excluding hydrogens is 276 g/mol. The molecule has 0 radical (unpaired) electrons. The number of methoxy groups -OCH3 is 3. The van der Waals surface area contributed by atoms with Crippen LogP contribution < -0.4 is 19.1 Å². The number of carbonyl (C=O) groups excluding carboxylic acids is 2. The fraction of sp³-hybridized carbons (Fsp3) is 0.333. The first-order valence-corrected chi connectivity index (χ1v) is 5.46. The van der Waals surface area contributed by atoms with Crippen LogP contribution in [0.15, 0.2) is 6.07 Å². The van der Waals surface area contributed by atoms with E-state index in [1.54, 1.807) is 0 Å². The minimum atomic E-state index is -3.14. The van der Waals surface area contributed by atoms with E-state index in [0.717, 1.165) is 6.07 Å². The van der Waals surface area contributed by atoms with E-state index in [4.69, 9.17) is 14.2 Å². The van der Waals surface area contributed by atoms with E-state index in [-0.39, 0.29) is 33.4 Å². The summed E-state index contributed by atoms with van der Waals surface area (Å²) >= 11 is 0. The highest BCUT2D eigenvalue weighted by Gasteiger charge is 2.44. The molecule has 8 heteroatoms. The van der Waals surface area contributed by atoms with Crippen molar-refractivity contribution in [3.63, 3.8) is 0 Å². The van der Waals surface area contributed by atoms with Crippen LogP contribution in [0.25, 0.3) is 0 Å². The highest BCUT2D eigenvalue weighted by Crippen LogP contribution is 2.48. The van der Waals surface area contributed by atoms with Gasteiger partial charge < -0.3 is 14.2 Å².